The molecule has 2 aromatic rings. The number of nitrogens with zero attached hydrogens (tertiary/aromatic N) is 5. The van der Waals surface area contributed by atoms with E-state index >= 15 is 0 Å². The SMILES string of the molecule is COc1ccc(Br)cc1CN1CCCC(N(C)c2ccnc(N3CCOCC3)n2)C1. The summed E-state index contributed by atoms with van der Waals surface area (Å²) in [5.74, 6) is 2.73. The normalized spacial score (nSPS) is 20.2. The molecule has 2 saturated heterocycles. The summed E-state index contributed by atoms with van der Waals surface area (Å²) in [7, 11) is 3.89. The van der Waals surface area contributed by atoms with Crippen LogP contribution in [0.2, 0.25) is 0 Å². The zero-order valence-electron chi connectivity index (χ0n) is 17.8. The minimum absolute atomic E-state index is 0.421. The van der Waals surface area contributed by atoms with Crippen LogP contribution >= 0.6 is 15.9 Å². The smallest absolute Gasteiger partial charge is 0.227 e. The molecule has 0 aliphatic carbocycles. The maximum Gasteiger partial charge on any atom is 0.227 e. The predicted molar refractivity (Wildman–Crippen MR) is 122 cm³/mol. The van der Waals surface area contributed by atoms with E-state index in [2.05, 4.69) is 48.7 Å². The van der Waals surface area contributed by atoms with E-state index in [-0.39, 0.29) is 0 Å². The Bertz CT molecular complexity index is 846. The van der Waals surface area contributed by atoms with E-state index in [1.54, 1.807) is 7.11 Å². The summed E-state index contributed by atoms with van der Waals surface area (Å²) in [6, 6.07) is 8.65. The number of hydrogen-bond donors (Lipinski definition) is 0. The Balaban J connectivity index is 1.44. The van der Waals surface area contributed by atoms with Gasteiger partial charge in [-0.3, -0.25) is 4.90 Å². The number of likely N-dealkylation sites (tertiary alicyclic amines) is 1. The topological polar surface area (TPSA) is 54.0 Å². The van der Waals surface area contributed by atoms with Crippen LogP contribution in [0.15, 0.2) is 34.9 Å². The summed E-state index contributed by atoms with van der Waals surface area (Å²) < 4.78 is 12.1. The molecule has 0 radical (unpaired) electrons. The predicted octanol–water partition coefficient (Wildman–Crippen LogP) is 3.19. The van der Waals surface area contributed by atoms with Gasteiger partial charge in [-0.05, 0) is 43.7 Å². The molecule has 3 heterocycles. The van der Waals surface area contributed by atoms with Crippen LogP contribution in [-0.2, 0) is 11.3 Å². The lowest BCUT2D eigenvalue weighted by molar-refractivity contribution is 0.122. The third-order valence-corrected chi connectivity index (χ3v) is 6.44. The van der Waals surface area contributed by atoms with Crippen LogP contribution in [0.5, 0.6) is 5.75 Å². The number of piperidine rings is 1. The summed E-state index contributed by atoms with van der Waals surface area (Å²) in [6.07, 6.45) is 4.21. The Morgan fingerprint density at radius 3 is 2.87 bits per heavy atom. The molecule has 30 heavy (non-hydrogen) atoms. The molecule has 0 saturated carbocycles. The molecule has 1 atom stereocenters. The quantitative estimate of drug-likeness (QED) is 0.635. The fourth-order valence-corrected chi connectivity index (χ4v) is 4.65. The van der Waals surface area contributed by atoms with Crippen LogP contribution in [0.3, 0.4) is 0 Å². The highest BCUT2D eigenvalue weighted by atomic mass is 79.9. The van der Waals surface area contributed by atoms with Crippen LogP contribution < -0.4 is 14.5 Å². The van der Waals surface area contributed by atoms with E-state index in [1.807, 2.05) is 24.4 Å². The van der Waals surface area contributed by atoms with Crippen molar-refractivity contribution in [2.24, 2.45) is 0 Å². The van der Waals surface area contributed by atoms with Crippen LogP contribution in [-0.4, -0.2) is 74.5 Å². The van der Waals surface area contributed by atoms with Gasteiger partial charge in [0.05, 0.1) is 20.3 Å². The number of methoxy groups -OCH3 is 1. The minimum Gasteiger partial charge on any atom is -0.496 e. The number of anilines is 2. The second-order valence-corrected chi connectivity index (χ2v) is 8.83. The van der Waals surface area contributed by atoms with Crippen LogP contribution in [0.1, 0.15) is 18.4 Å². The Labute approximate surface area is 187 Å². The largest absolute Gasteiger partial charge is 0.496 e. The number of halogens is 1. The van der Waals surface area contributed by atoms with E-state index in [4.69, 9.17) is 14.5 Å². The van der Waals surface area contributed by atoms with E-state index in [9.17, 15) is 0 Å². The van der Waals surface area contributed by atoms with Gasteiger partial charge in [0.15, 0.2) is 0 Å². The summed E-state index contributed by atoms with van der Waals surface area (Å²) in [6.45, 7) is 6.15. The molecule has 0 spiro atoms. The van der Waals surface area contributed by atoms with Crippen molar-refractivity contribution in [2.75, 3.05) is 63.4 Å². The lowest BCUT2D eigenvalue weighted by Crippen LogP contribution is -2.46. The number of aromatic nitrogens is 2. The first-order valence-electron chi connectivity index (χ1n) is 10.6. The lowest BCUT2D eigenvalue weighted by atomic mass is 10.0. The maximum absolute atomic E-state index is 5.57. The Morgan fingerprint density at radius 1 is 1.23 bits per heavy atom. The highest BCUT2D eigenvalue weighted by Crippen LogP contribution is 2.27. The first-order valence-corrected chi connectivity index (χ1v) is 11.4. The highest BCUT2D eigenvalue weighted by Gasteiger charge is 2.25. The first-order chi connectivity index (χ1) is 14.6. The van der Waals surface area contributed by atoms with Gasteiger partial charge in [0.1, 0.15) is 11.6 Å². The summed E-state index contributed by atoms with van der Waals surface area (Å²) in [4.78, 5) is 16.4. The molecule has 1 aromatic heterocycles. The van der Waals surface area contributed by atoms with E-state index in [0.29, 0.717) is 6.04 Å². The average Bonchev–Trinajstić information content (AvgIpc) is 2.80. The number of likely N-dealkylation sites (N-methyl/N-ethyl adjacent to an activating group) is 1. The van der Waals surface area contributed by atoms with Crippen molar-refractivity contribution >= 4 is 27.7 Å². The fraction of sp³-hybridized carbons (Fsp3) is 0.545. The zero-order chi connectivity index (χ0) is 20.9. The molecule has 1 aromatic carbocycles. The van der Waals surface area contributed by atoms with Crippen molar-refractivity contribution < 1.29 is 9.47 Å². The zero-order valence-corrected chi connectivity index (χ0v) is 19.3. The second kappa shape index (κ2) is 9.94. The summed E-state index contributed by atoms with van der Waals surface area (Å²) in [5.41, 5.74) is 1.21. The molecule has 2 aliphatic rings. The van der Waals surface area contributed by atoms with Crippen molar-refractivity contribution in [3.63, 3.8) is 0 Å². The van der Waals surface area contributed by atoms with Crippen LogP contribution in [0.25, 0.3) is 0 Å². The summed E-state index contributed by atoms with van der Waals surface area (Å²) >= 11 is 3.59. The average molecular weight is 476 g/mol. The third kappa shape index (κ3) is 5.04. The number of rotatable bonds is 6. The van der Waals surface area contributed by atoms with Gasteiger partial charge in [0.25, 0.3) is 0 Å². The molecule has 162 valence electrons. The van der Waals surface area contributed by atoms with Gasteiger partial charge in [-0.25, -0.2) is 4.98 Å². The van der Waals surface area contributed by atoms with E-state index in [1.165, 1.54) is 18.4 Å². The molecular weight excluding hydrogens is 446 g/mol. The van der Waals surface area contributed by atoms with Crippen molar-refractivity contribution in [3.8, 4) is 5.75 Å². The van der Waals surface area contributed by atoms with Gasteiger partial charge >= 0.3 is 0 Å². The van der Waals surface area contributed by atoms with E-state index in [0.717, 1.165) is 67.9 Å². The van der Waals surface area contributed by atoms with Crippen molar-refractivity contribution in [1.82, 2.24) is 14.9 Å². The molecule has 2 aliphatic heterocycles. The number of ether oxygens (including phenoxy) is 2. The number of morpholine rings is 1. The first kappa shape index (κ1) is 21.3. The van der Waals surface area contributed by atoms with Gasteiger partial charge in [-0.15, -0.1) is 0 Å². The minimum atomic E-state index is 0.421. The highest BCUT2D eigenvalue weighted by molar-refractivity contribution is 9.10. The molecule has 0 N–H and O–H groups in total. The van der Waals surface area contributed by atoms with Gasteiger partial charge in [0, 0.05) is 55.5 Å². The maximum atomic E-state index is 5.57. The Morgan fingerprint density at radius 2 is 2.07 bits per heavy atom. The van der Waals surface area contributed by atoms with Gasteiger partial charge < -0.3 is 19.3 Å². The third-order valence-electron chi connectivity index (χ3n) is 5.95. The molecule has 0 amide bonds. The number of hydrogen-bond acceptors (Lipinski definition) is 7. The monoisotopic (exact) mass is 475 g/mol. The van der Waals surface area contributed by atoms with Crippen molar-refractivity contribution in [3.05, 3.63) is 40.5 Å². The van der Waals surface area contributed by atoms with Crippen LogP contribution in [0, 0.1) is 0 Å². The molecular formula is C22H30BrN5O2. The molecule has 4 rings (SSSR count). The molecule has 1 unspecified atom stereocenters. The van der Waals surface area contributed by atoms with Gasteiger partial charge in [0.2, 0.25) is 5.95 Å². The van der Waals surface area contributed by atoms with E-state index < -0.39 is 0 Å². The molecule has 8 heteroatoms. The fourth-order valence-electron chi connectivity index (χ4n) is 4.24. The van der Waals surface area contributed by atoms with Crippen LogP contribution in [0.4, 0.5) is 11.8 Å². The summed E-state index contributed by atoms with van der Waals surface area (Å²) in [5, 5.41) is 0. The second-order valence-electron chi connectivity index (χ2n) is 7.91. The van der Waals surface area contributed by atoms with Gasteiger partial charge in [-0.2, -0.15) is 4.98 Å². The van der Waals surface area contributed by atoms with Crippen molar-refractivity contribution in [2.45, 2.75) is 25.4 Å². The Kier molecular flexibility index (Phi) is 7.07. The number of benzene rings is 1. The Hall–Kier alpha value is -1.90. The lowest BCUT2D eigenvalue weighted by Gasteiger charge is -2.38. The van der Waals surface area contributed by atoms with Gasteiger partial charge in [-0.1, -0.05) is 15.9 Å². The molecule has 0 bridgehead atoms. The standard InChI is InChI=1S/C22H30BrN5O2/c1-26(21-7-8-24-22(25-21)28-10-12-30-13-11-28)19-4-3-9-27(16-19)15-17-14-18(23)5-6-20(17)29-2/h5-8,14,19H,3-4,9-13,15-16H2,1-2H3. The molecule has 2 fully saturated rings. The van der Waals surface area contributed by atoms with Crippen molar-refractivity contribution in [1.29, 1.82) is 0 Å². The molecule has 7 nitrogen and oxygen atoms in total.